The fraction of sp³-hybridized carbons (Fsp3) is 0.583. The molecule has 2 amide bonds. The summed E-state index contributed by atoms with van der Waals surface area (Å²) in [5, 5.41) is 14.3. The molecule has 0 radical (unpaired) electrons. The van der Waals surface area contributed by atoms with Crippen molar-refractivity contribution in [3.63, 3.8) is 0 Å². The predicted octanol–water partition coefficient (Wildman–Crippen LogP) is 2.10. The van der Waals surface area contributed by atoms with E-state index in [2.05, 4.69) is 10.3 Å². The van der Waals surface area contributed by atoms with Crippen LogP contribution in [0.15, 0.2) is 5.38 Å². The molecule has 6 nitrogen and oxygen atoms in total. The zero-order valence-electron chi connectivity index (χ0n) is 10.3. The van der Waals surface area contributed by atoms with Crippen LogP contribution >= 0.6 is 11.3 Å². The first-order valence-electron chi connectivity index (χ1n) is 6.41. The molecule has 1 saturated heterocycles. The van der Waals surface area contributed by atoms with Gasteiger partial charge < -0.3 is 10.0 Å². The largest absolute Gasteiger partial charge is 0.480 e. The smallest absolute Gasteiger partial charge is 0.326 e. The number of likely N-dealkylation sites (tertiary alicyclic amines) is 1. The van der Waals surface area contributed by atoms with Crippen molar-refractivity contribution >= 4 is 28.5 Å². The third kappa shape index (κ3) is 2.56. The first kappa shape index (κ1) is 12.4. The van der Waals surface area contributed by atoms with Crippen LogP contribution in [0.4, 0.5) is 9.93 Å². The van der Waals surface area contributed by atoms with Gasteiger partial charge in [-0.1, -0.05) is 0 Å². The van der Waals surface area contributed by atoms with E-state index in [1.807, 2.05) is 5.38 Å². The Morgan fingerprint density at radius 1 is 1.42 bits per heavy atom. The Balaban J connectivity index is 1.64. The van der Waals surface area contributed by atoms with Crippen LogP contribution in [0.3, 0.4) is 0 Å². The molecule has 2 heterocycles. The Bertz CT molecular complexity index is 512. The highest BCUT2D eigenvalue weighted by atomic mass is 32.1. The average molecular weight is 281 g/mol. The van der Waals surface area contributed by atoms with Gasteiger partial charge in [0.15, 0.2) is 5.13 Å². The summed E-state index contributed by atoms with van der Waals surface area (Å²) in [6.45, 7) is 0.490. The minimum atomic E-state index is -0.939. The van der Waals surface area contributed by atoms with Crippen molar-refractivity contribution < 1.29 is 14.7 Å². The number of aromatic nitrogens is 1. The molecule has 1 saturated carbocycles. The van der Waals surface area contributed by atoms with Crippen molar-refractivity contribution in [2.24, 2.45) is 0 Å². The van der Waals surface area contributed by atoms with E-state index in [9.17, 15) is 9.59 Å². The van der Waals surface area contributed by atoms with Gasteiger partial charge in [-0.3, -0.25) is 5.32 Å². The number of aliphatic carboxylic acids is 1. The third-order valence-electron chi connectivity index (χ3n) is 3.53. The highest BCUT2D eigenvalue weighted by Crippen LogP contribution is 2.40. The Morgan fingerprint density at radius 3 is 2.89 bits per heavy atom. The Hall–Kier alpha value is -1.63. The number of hydrogen-bond acceptors (Lipinski definition) is 4. The second-order valence-electron chi connectivity index (χ2n) is 4.97. The number of rotatable bonds is 3. The second kappa shape index (κ2) is 4.80. The molecule has 102 valence electrons. The van der Waals surface area contributed by atoms with Gasteiger partial charge in [-0.25, -0.2) is 14.6 Å². The molecule has 2 aliphatic rings. The Labute approximate surface area is 114 Å². The van der Waals surface area contributed by atoms with E-state index in [1.54, 1.807) is 0 Å². The van der Waals surface area contributed by atoms with E-state index in [4.69, 9.17) is 5.11 Å². The summed E-state index contributed by atoms with van der Waals surface area (Å²) >= 11 is 1.40. The SMILES string of the molecule is O=C(O)C1CCCN1C(=O)Nc1nc(C2CC2)cs1. The molecule has 2 fully saturated rings. The van der Waals surface area contributed by atoms with Crippen molar-refractivity contribution in [1.29, 1.82) is 0 Å². The Kier molecular flexibility index (Phi) is 3.14. The summed E-state index contributed by atoms with van der Waals surface area (Å²) < 4.78 is 0. The number of hydrogen-bond donors (Lipinski definition) is 2. The monoisotopic (exact) mass is 281 g/mol. The number of anilines is 1. The highest BCUT2D eigenvalue weighted by molar-refractivity contribution is 7.13. The second-order valence-corrected chi connectivity index (χ2v) is 5.83. The zero-order chi connectivity index (χ0) is 13.4. The molecule has 7 heteroatoms. The van der Waals surface area contributed by atoms with E-state index in [0.717, 1.165) is 12.1 Å². The molecule has 1 aromatic rings. The van der Waals surface area contributed by atoms with E-state index >= 15 is 0 Å². The van der Waals surface area contributed by atoms with Crippen LogP contribution in [-0.2, 0) is 4.79 Å². The normalized spacial score (nSPS) is 22.5. The third-order valence-corrected chi connectivity index (χ3v) is 4.31. The van der Waals surface area contributed by atoms with Gasteiger partial charge in [0.05, 0.1) is 5.69 Å². The molecule has 19 heavy (non-hydrogen) atoms. The molecule has 1 aromatic heterocycles. The number of carboxylic acids is 1. The molecule has 0 bridgehead atoms. The molecular formula is C12H15N3O3S. The first-order chi connectivity index (χ1) is 9.15. The van der Waals surface area contributed by atoms with Crippen molar-refractivity contribution in [2.75, 3.05) is 11.9 Å². The van der Waals surface area contributed by atoms with E-state index in [0.29, 0.717) is 24.0 Å². The standard InChI is InChI=1S/C12H15N3O3S/c16-10(17)9-2-1-5-15(9)12(18)14-11-13-8(6-19-11)7-3-4-7/h6-7,9H,1-5H2,(H,16,17)(H,13,14,18). The Morgan fingerprint density at radius 2 is 2.21 bits per heavy atom. The fourth-order valence-corrected chi connectivity index (χ4v) is 3.12. The summed E-state index contributed by atoms with van der Waals surface area (Å²) in [4.78, 5) is 28.8. The zero-order valence-corrected chi connectivity index (χ0v) is 11.2. The van der Waals surface area contributed by atoms with E-state index in [-0.39, 0.29) is 6.03 Å². The highest BCUT2D eigenvalue weighted by Gasteiger charge is 2.34. The van der Waals surface area contributed by atoms with Gasteiger partial charge in [-0.15, -0.1) is 11.3 Å². The summed E-state index contributed by atoms with van der Waals surface area (Å²) in [6.07, 6.45) is 3.60. The number of amides is 2. The topological polar surface area (TPSA) is 82.5 Å². The van der Waals surface area contributed by atoms with Gasteiger partial charge in [-0.05, 0) is 25.7 Å². The molecular weight excluding hydrogens is 266 g/mol. The molecule has 1 aliphatic heterocycles. The summed E-state index contributed by atoms with van der Waals surface area (Å²) in [5.74, 6) is -0.383. The van der Waals surface area contributed by atoms with Gasteiger partial charge in [0.25, 0.3) is 0 Å². The van der Waals surface area contributed by atoms with Crippen LogP contribution in [0, 0.1) is 0 Å². The minimum Gasteiger partial charge on any atom is -0.480 e. The van der Waals surface area contributed by atoms with Crippen molar-refractivity contribution in [1.82, 2.24) is 9.88 Å². The number of nitrogens with zero attached hydrogens (tertiary/aromatic N) is 2. The van der Waals surface area contributed by atoms with Crippen LogP contribution in [0.1, 0.15) is 37.3 Å². The first-order valence-corrected chi connectivity index (χ1v) is 7.29. The molecule has 0 spiro atoms. The minimum absolute atomic E-state index is 0.360. The van der Waals surface area contributed by atoms with Gasteiger partial charge in [-0.2, -0.15) is 0 Å². The van der Waals surface area contributed by atoms with Crippen LogP contribution in [0.2, 0.25) is 0 Å². The molecule has 1 aliphatic carbocycles. The molecule has 1 unspecified atom stereocenters. The summed E-state index contributed by atoms with van der Waals surface area (Å²) in [7, 11) is 0. The van der Waals surface area contributed by atoms with Gasteiger partial charge in [0.1, 0.15) is 6.04 Å². The van der Waals surface area contributed by atoms with Crippen LogP contribution in [0.25, 0.3) is 0 Å². The van der Waals surface area contributed by atoms with Gasteiger partial charge in [0.2, 0.25) is 0 Å². The van der Waals surface area contributed by atoms with E-state index < -0.39 is 12.0 Å². The molecule has 0 aromatic carbocycles. The quantitative estimate of drug-likeness (QED) is 0.888. The lowest BCUT2D eigenvalue weighted by Crippen LogP contribution is -2.42. The predicted molar refractivity (Wildman–Crippen MR) is 70.5 cm³/mol. The van der Waals surface area contributed by atoms with Gasteiger partial charge >= 0.3 is 12.0 Å². The van der Waals surface area contributed by atoms with Crippen LogP contribution < -0.4 is 5.32 Å². The number of thiazole rings is 1. The van der Waals surface area contributed by atoms with Crippen molar-refractivity contribution in [2.45, 2.75) is 37.6 Å². The molecule has 1 atom stereocenters. The lowest BCUT2D eigenvalue weighted by molar-refractivity contribution is -0.141. The molecule has 3 rings (SSSR count). The molecule has 2 N–H and O–H groups in total. The number of carboxylic acid groups (broad SMARTS) is 1. The number of carbonyl (C=O) groups excluding carboxylic acids is 1. The van der Waals surface area contributed by atoms with Gasteiger partial charge in [0, 0.05) is 17.8 Å². The number of urea groups is 1. The maximum Gasteiger partial charge on any atom is 0.326 e. The summed E-state index contributed by atoms with van der Waals surface area (Å²) in [6, 6.07) is -1.07. The maximum absolute atomic E-state index is 12.0. The maximum atomic E-state index is 12.0. The number of carbonyl (C=O) groups is 2. The van der Waals surface area contributed by atoms with Crippen molar-refractivity contribution in [3.8, 4) is 0 Å². The van der Waals surface area contributed by atoms with Crippen LogP contribution in [-0.4, -0.2) is 39.6 Å². The number of nitrogens with one attached hydrogen (secondary N) is 1. The lowest BCUT2D eigenvalue weighted by atomic mass is 10.2. The lowest BCUT2D eigenvalue weighted by Gasteiger charge is -2.20. The van der Waals surface area contributed by atoms with Crippen molar-refractivity contribution in [3.05, 3.63) is 11.1 Å². The summed E-state index contributed by atoms with van der Waals surface area (Å²) in [5.41, 5.74) is 1.04. The average Bonchev–Trinajstić information content (AvgIpc) is 2.92. The fourth-order valence-electron chi connectivity index (χ4n) is 2.34. The van der Waals surface area contributed by atoms with E-state index in [1.165, 1.54) is 29.1 Å². The van der Waals surface area contributed by atoms with Crippen LogP contribution in [0.5, 0.6) is 0 Å².